The second-order valence-corrected chi connectivity index (χ2v) is 6.01. The van der Waals surface area contributed by atoms with Crippen LogP contribution in [0.4, 0.5) is 0 Å². The van der Waals surface area contributed by atoms with Crippen LogP contribution >= 0.6 is 0 Å². The standard InChI is InChI=1S/C16H20N4O3/c1-9-13(10(2)23-20-9)4-6-15(21)17-12-3-5-14-11(7-12)8-16(22)19-18-14/h8,12H,3-7H2,1-2H3,(H,17,21)(H,19,22)/t12-/m1/s1. The number of amides is 1. The van der Waals surface area contributed by atoms with E-state index >= 15 is 0 Å². The lowest BCUT2D eigenvalue weighted by molar-refractivity contribution is -0.121. The number of aromatic amines is 1. The molecule has 0 saturated heterocycles. The zero-order chi connectivity index (χ0) is 16.4. The van der Waals surface area contributed by atoms with Crippen molar-refractivity contribution < 1.29 is 9.32 Å². The molecule has 2 aromatic heterocycles. The number of hydrogen-bond acceptors (Lipinski definition) is 5. The van der Waals surface area contributed by atoms with Crippen LogP contribution in [0.3, 0.4) is 0 Å². The van der Waals surface area contributed by atoms with Crippen molar-refractivity contribution in [1.82, 2.24) is 20.7 Å². The van der Waals surface area contributed by atoms with E-state index in [0.717, 1.165) is 41.1 Å². The van der Waals surface area contributed by atoms with E-state index in [9.17, 15) is 9.59 Å². The number of carbonyl (C=O) groups is 1. The third-order valence-electron chi connectivity index (χ3n) is 4.32. The van der Waals surface area contributed by atoms with Crippen LogP contribution in [0.5, 0.6) is 0 Å². The van der Waals surface area contributed by atoms with Gasteiger partial charge in [-0.1, -0.05) is 5.16 Å². The average molecular weight is 316 g/mol. The Labute approximate surface area is 133 Å². The van der Waals surface area contributed by atoms with Gasteiger partial charge in [0, 0.05) is 24.1 Å². The lowest BCUT2D eigenvalue weighted by Gasteiger charge is -2.24. The molecule has 7 heteroatoms. The van der Waals surface area contributed by atoms with Crippen molar-refractivity contribution in [2.75, 3.05) is 0 Å². The first-order valence-electron chi connectivity index (χ1n) is 7.81. The van der Waals surface area contributed by atoms with Crippen molar-refractivity contribution in [3.8, 4) is 0 Å². The van der Waals surface area contributed by atoms with Gasteiger partial charge < -0.3 is 9.84 Å². The fourth-order valence-electron chi connectivity index (χ4n) is 3.06. The molecule has 0 aliphatic heterocycles. The summed E-state index contributed by atoms with van der Waals surface area (Å²) < 4.78 is 5.11. The van der Waals surface area contributed by atoms with Gasteiger partial charge in [0.15, 0.2) is 0 Å². The number of aryl methyl sites for hydroxylation is 3. The predicted molar refractivity (Wildman–Crippen MR) is 83.1 cm³/mol. The van der Waals surface area contributed by atoms with Crippen LogP contribution in [0.1, 0.15) is 41.1 Å². The molecule has 7 nitrogen and oxygen atoms in total. The molecular weight excluding hydrogens is 296 g/mol. The molecule has 0 fully saturated rings. The maximum atomic E-state index is 12.2. The third kappa shape index (κ3) is 3.49. The Morgan fingerprint density at radius 1 is 1.48 bits per heavy atom. The van der Waals surface area contributed by atoms with Gasteiger partial charge in [-0.3, -0.25) is 9.59 Å². The summed E-state index contributed by atoms with van der Waals surface area (Å²) in [6, 6.07) is 1.63. The monoisotopic (exact) mass is 316 g/mol. The fourth-order valence-corrected chi connectivity index (χ4v) is 3.06. The van der Waals surface area contributed by atoms with Crippen LogP contribution in [-0.2, 0) is 24.1 Å². The van der Waals surface area contributed by atoms with Crippen molar-refractivity contribution in [2.24, 2.45) is 0 Å². The molecule has 1 aliphatic carbocycles. The molecule has 0 unspecified atom stereocenters. The molecule has 1 amide bonds. The Hall–Kier alpha value is -2.44. The van der Waals surface area contributed by atoms with Crippen molar-refractivity contribution in [3.63, 3.8) is 0 Å². The molecule has 2 N–H and O–H groups in total. The van der Waals surface area contributed by atoms with Gasteiger partial charge in [0.1, 0.15) is 5.76 Å². The number of rotatable bonds is 4. The van der Waals surface area contributed by atoms with E-state index in [1.54, 1.807) is 6.07 Å². The summed E-state index contributed by atoms with van der Waals surface area (Å²) in [5.41, 5.74) is 3.49. The number of nitrogens with zero attached hydrogens (tertiary/aromatic N) is 2. The smallest absolute Gasteiger partial charge is 0.264 e. The molecule has 2 heterocycles. The molecule has 0 bridgehead atoms. The van der Waals surface area contributed by atoms with Gasteiger partial charge in [-0.2, -0.15) is 5.10 Å². The zero-order valence-electron chi connectivity index (χ0n) is 13.3. The minimum atomic E-state index is -0.200. The molecule has 0 radical (unpaired) electrons. The van der Waals surface area contributed by atoms with E-state index < -0.39 is 0 Å². The molecule has 1 aliphatic rings. The summed E-state index contributed by atoms with van der Waals surface area (Å²) in [5, 5.41) is 13.5. The van der Waals surface area contributed by atoms with Crippen LogP contribution in [0.2, 0.25) is 0 Å². The van der Waals surface area contributed by atoms with Gasteiger partial charge in [-0.15, -0.1) is 0 Å². The van der Waals surface area contributed by atoms with E-state index in [1.165, 1.54) is 0 Å². The first-order valence-corrected chi connectivity index (χ1v) is 7.81. The molecule has 0 saturated carbocycles. The normalized spacial score (nSPS) is 16.9. The highest BCUT2D eigenvalue weighted by Gasteiger charge is 2.22. The average Bonchev–Trinajstić information content (AvgIpc) is 2.83. The molecule has 2 aromatic rings. The lowest BCUT2D eigenvalue weighted by Crippen LogP contribution is -2.39. The second kappa shape index (κ2) is 6.36. The Morgan fingerprint density at radius 2 is 2.30 bits per heavy atom. The van der Waals surface area contributed by atoms with Crippen molar-refractivity contribution in [1.29, 1.82) is 0 Å². The highest BCUT2D eigenvalue weighted by Crippen LogP contribution is 2.18. The van der Waals surface area contributed by atoms with Crippen LogP contribution in [0, 0.1) is 13.8 Å². The molecule has 3 rings (SSSR count). The SMILES string of the molecule is Cc1noc(C)c1CCC(=O)N[C@@H]1CCc2n[nH]c(=O)cc2C1. The maximum Gasteiger partial charge on any atom is 0.264 e. The predicted octanol–water partition coefficient (Wildman–Crippen LogP) is 0.981. The number of hydrogen-bond donors (Lipinski definition) is 2. The molecule has 0 aromatic carbocycles. The largest absolute Gasteiger partial charge is 0.361 e. The van der Waals surface area contributed by atoms with Crippen molar-refractivity contribution in [2.45, 2.75) is 52.0 Å². The number of fused-ring (bicyclic) bond motifs is 1. The van der Waals surface area contributed by atoms with E-state index in [-0.39, 0.29) is 17.5 Å². The van der Waals surface area contributed by atoms with E-state index in [0.29, 0.717) is 19.3 Å². The summed E-state index contributed by atoms with van der Waals surface area (Å²) in [4.78, 5) is 23.5. The van der Waals surface area contributed by atoms with Gasteiger partial charge in [-0.05, 0) is 45.1 Å². The van der Waals surface area contributed by atoms with Gasteiger partial charge in [0.05, 0.1) is 11.4 Å². The van der Waals surface area contributed by atoms with Gasteiger partial charge in [0.2, 0.25) is 5.91 Å². The Balaban J connectivity index is 1.56. The molecule has 23 heavy (non-hydrogen) atoms. The lowest BCUT2D eigenvalue weighted by atomic mass is 9.92. The first-order chi connectivity index (χ1) is 11.0. The van der Waals surface area contributed by atoms with Crippen LogP contribution in [-0.4, -0.2) is 27.3 Å². The van der Waals surface area contributed by atoms with E-state index in [4.69, 9.17) is 4.52 Å². The molecule has 0 spiro atoms. The summed E-state index contributed by atoms with van der Waals surface area (Å²) in [5.74, 6) is 0.781. The minimum Gasteiger partial charge on any atom is -0.361 e. The quantitative estimate of drug-likeness (QED) is 0.875. The Kier molecular flexibility index (Phi) is 4.27. The van der Waals surface area contributed by atoms with E-state index in [1.807, 2.05) is 13.8 Å². The Morgan fingerprint density at radius 3 is 3.04 bits per heavy atom. The van der Waals surface area contributed by atoms with E-state index in [2.05, 4.69) is 20.7 Å². The number of aromatic nitrogens is 3. The summed E-state index contributed by atoms with van der Waals surface area (Å²) in [6.07, 6.45) is 3.28. The highest BCUT2D eigenvalue weighted by molar-refractivity contribution is 5.76. The fraction of sp³-hybridized carbons (Fsp3) is 0.500. The maximum absolute atomic E-state index is 12.2. The van der Waals surface area contributed by atoms with Crippen molar-refractivity contribution in [3.05, 3.63) is 44.7 Å². The van der Waals surface area contributed by atoms with Crippen LogP contribution < -0.4 is 10.9 Å². The molecular formula is C16H20N4O3. The molecule has 122 valence electrons. The first kappa shape index (κ1) is 15.5. The molecule has 1 atom stereocenters. The van der Waals surface area contributed by atoms with Gasteiger partial charge in [0.25, 0.3) is 5.56 Å². The van der Waals surface area contributed by atoms with Gasteiger partial charge in [-0.25, -0.2) is 5.10 Å². The van der Waals surface area contributed by atoms with Crippen LogP contribution in [0.25, 0.3) is 0 Å². The summed E-state index contributed by atoms with van der Waals surface area (Å²) >= 11 is 0. The number of nitrogens with one attached hydrogen (secondary N) is 2. The topological polar surface area (TPSA) is 101 Å². The second-order valence-electron chi connectivity index (χ2n) is 6.01. The van der Waals surface area contributed by atoms with Crippen molar-refractivity contribution >= 4 is 5.91 Å². The highest BCUT2D eigenvalue weighted by atomic mass is 16.5. The minimum absolute atomic E-state index is 0.0104. The summed E-state index contributed by atoms with van der Waals surface area (Å²) in [7, 11) is 0. The zero-order valence-corrected chi connectivity index (χ0v) is 13.3. The van der Waals surface area contributed by atoms with Gasteiger partial charge >= 0.3 is 0 Å². The number of carbonyl (C=O) groups excluding carboxylic acids is 1. The summed E-state index contributed by atoms with van der Waals surface area (Å²) in [6.45, 7) is 3.74. The third-order valence-corrected chi connectivity index (χ3v) is 4.32. The number of H-pyrrole nitrogens is 1. The van der Waals surface area contributed by atoms with Crippen LogP contribution in [0.15, 0.2) is 15.4 Å². The Bertz CT molecular complexity index is 758.